The molecule has 0 unspecified atom stereocenters. The molecular weight excluding hydrogens is 180 g/mol. The molecule has 0 saturated heterocycles. The Kier molecular flexibility index (Phi) is 4.94. The van der Waals surface area contributed by atoms with Crippen LogP contribution in [-0.4, -0.2) is 18.0 Å². The average Bonchev–Trinajstić information content (AvgIpc) is 2.17. The lowest BCUT2D eigenvalue weighted by Crippen LogP contribution is -1.89. The molecule has 0 fully saturated rings. The van der Waals surface area contributed by atoms with Crippen molar-refractivity contribution in [3.63, 3.8) is 0 Å². The highest BCUT2D eigenvalue weighted by Crippen LogP contribution is 2.11. The van der Waals surface area contributed by atoms with Gasteiger partial charge in [-0.3, -0.25) is 0 Å². The Morgan fingerprint density at radius 1 is 1.15 bits per heavy atom. The largest absolute Gasteiger partial charge is 0.396 e. The number of thioether (sulfide) groups is 1. The van der Waals surface area contributed by atoms with Crippen LogP contribution in [0.4, 0.5) is 0 Å². The Bertz CT molecular complexity index is 230. The van der Waals surface area contributed by atoms with E-state index in [1.807, 2.05) is 11.8 Å². The fourth-order valence-corrected chi connectivity index (χ4v) is 1.78. The van der Waals surface area contributed by atoms with Gasteiger partial charge in [-0.05, 0) is 30.2 Å². The number of aliphatic hydroxyl groups excluding tert-OH is 1. The van der Waals surface area contributed by atoms with E-state index in [0.717, 1.165) is 18.6 Å². The van der Waals surface area contributed by atoms with Gasteiger partial charge in [0.1, 0.15) is 0 Å². The average molecular weight is 196 g/mol. The number of hydrogen-bond acceptors (Lipinski definition) is 2. The van der Waals surface area contributed by atoms with E-state index in [2.05, 4.69) is 30.5 Å². The summed E-state index contributed by atoms with van der Waals surface area (Å²) in [6.07, 6.45) is 3.96. The van der Waals surface area contributed by atoms with Gasteiger partial charge in [-0.15, -0.1) is 0 Å². The topological polar surface area (TPSA) is 20.2 Å². The van der Waals surface area contributed by atoms with E-state index in [1.165, 1.54) is 11.1 Å². The summed E-state index contributed by atoms with van der Waals surface area (Å²) in [5.74, 6) is 1.08. The number of benzene rings is 1. The van der Waals surface area contributed by atoms with Crippen LogP contribution in [0.5, 0.6) is 0 Å². The molecule has 0 heterocycles. The maximum Gasteiger partial charge on any atom is 0.0434 e. The van der Waals surface area contributed by atoms with Gasteiger partial charge in [0.05, 0.1) is 0 Å². The van der Waals surface area contributed by atoms with Crippen molar-refractivity contribution in [2.75, 3.05) is 12.9 Å². The van der Waals surface area contributed by atoms with Crippen LogP contribution in [0.15, 0.2) is 24.3 Å². The summed E-state index contributed by atoms with van der Waals surface area (Å²) in [6.45, 7) is 0.284. The first-order valence-electron chi connectivity index (χ1n) is 4.54. The molecule has 1 rings (SSSR count). The standard InChI is InChI=1S/C11H16OS/c1-13-9-11-6-4-10(5-7-11)3-2-8-12/h4-7,12H,2-3,8-9H2,1H3. The summed E-state index contributed by atoms with van der Waals surface area (Å²) >= 11 is 1.84. The number of hydrogen-bond donors (Lipinski definition) is 1. The van der Waals surface area contributed by atoms with Crippen molar-refractivity contribution in [1.29, 1.82) is 0 Å². The summed E-state index contributed by atoms with van der Waals surface area (Å²) in [5.41, 5.74) is 2.69. The third-order valence-corrected chi connectivity index (χ3v) is 2.58. The van der Waals surface area contributed by atoms with Crippen molar-refractivity contribution in [3.05, 3.63) is 35.4 Å². The lowest BCUT2D eigenvalue weighted by molar-refractivity contribution is 0.288. The molecule has 13 heavy (non-hydrogen) atoms. The Morgan fingerprint density at radius 3 is 2.31 bits per heavy atom. The smallest absolute Gasteiger partial charge is 0.0434 e. The van der Waals surface area contributed by atoms with Crippen LogP contribution in [0.3, 0.4) is 0 Å². The maximum absolute atomic E-state index is 8.66. The first-order chi connectivity index (χ1) is 6.36. The van der Waals surface area contributed by atoms with Gasteiger partial charge in [-0.2, -0.15) is 11.8 Å². The Morgan fingerprint density at radius 2 is 1.77 bits per heavy atom. The zero-order chi connectivity index (χ0) is 9.52. The molecule has 1 nitrogen and oxygen atoms in total. The van der Waals surface area contributed by atoms with Crippen LogP contribution in [0, 0.1) is 0 Å². The Hall–Kier alpha value is -0.470. The molecule has 0 aliphatic rings. The Labute approximate surface area is 84.2 Å². The predicted octanol–water partition coefficient (Wildman–Crippen LogP) is 2.47. The number of aryl methyl sites for hydroxylation is 1. The molecule has 1 aromatic carbocycles. The van der Waals surface area contributed by atoms with Crippen molar-refractivity contribution >= 4 is 11.8 Å². The van der Waals surface area contributed by atoms with E-state index in [1.54, 1.807) is 0 Å². The van der Waals surface area contributed by atoms with Crippen LogP contribution in [-0.2, 0) is 12.2 Å². The van der Waals surface area contributed by atoms with Crippen LogP contribution in [0.2, 0.25) is 0 Å². The molecule has 0 saturated carbocycles. The van der Waals surface area contributed by atoms with Gasteiger partial charge in [0.15, 0.2) is 0 Å². The molecule has 0 radical (unpaired) electrons. The minimum absolute atomic E-state index is 0.284. The predicted molar refractivity (Wildman–Crippen MR) is 59.1 cm³/mol. The highest BCUT2D eigenvalue weighted by molar-refractivity contribution is 7.97. The first-order valence-corrected chi connectivity index (χ1v) is 5.94. The van der Waals surface area contributed by atoms with Gasteiger partial charge in [0.2, 0.25) is 0 Å². The van der Waals surface area contributed by atoms with Crippen molar-refractivity contribution < 1.29 is 5.11 Å². The zero-order valence-electron chi connectivity index (χ0n) is 7.99. The molecule has 0 bridgehead atoms. The quantitative estimate of drug-likeness (QED) is 0.780. The fraction of sp³-hybridized carbons (Fsp3) is 0.455. The van der Waals surface area contributed by atoms with Crippen LogP contribution < -0.4 is 0 Å². The van der Waals surface area contributed by atoms with Crippen LogP contribution in [0.25, 0.3) is 0 Å². The van der Waals surface area contributed by atoms with Crippen LogP contribution in [0.1, 0.15) is 17.5 Å². The van der Waals surface area contributed by atoms with Crippen molar-refractivity contribution in [1.82, 2.24) is 0 Å². The van der Waals surface area contributed by atoms with Gasteiger partial charge in [-0.25, -0.2) is 0 Å². The summed E-state index contributed by atoms with van der Waals surface area (Å²) in [5, 5.41) is 8.66. The second kappa shape index (κ2) is 6.06. The molecule has 0 aliphatic heterocycles. The Balaban J connectivity index is 2.48. The van der Waals surface area contributed by atoms with E-state index >= 15 is 0 Å². The van der Waals surface area contributed by atoms with Gasteiger partial charge >= 0.3 is 0 Å². The van der Waals surface area contributed by atoms with Crippen molar-refractivity contribution in [2.45, 2.75) is 18.6 Å². The molecule has 0 spiro atoms. The monoisotopic (exact) mass is 196 g/mol. The first kappa shape index (κ1) is 10.6. The number of rotatable bonds is 5. The third-order valence-electron chi connectivity index (χ3n) is 1.96. The summed E-state index contributed by atoms with van der Waals surface area (Å²) in [6, 6.07) is 8.65. The normalized spacial score (nSPS) is 10.3. The highest BCUT2D eigenvalue weighted by Gasteiger charge is 1.93. The fourth-order valence-electron chi connectivity index (χ4n) is 1.25. The van der Waals surface area contributed by atoms with Crippen molar-refractivity contribution in [2.24, 2.45) is 0 Å². The van der Waals surface area contributed by atoms with Crippen LogP contribution >= 0.6 is 11.8 Å². The van der Waals surface area contributed by atoms with E-state index in [4.69, 9.17) is 5.11 Å². The summed E-state index contributed by atoms with van der Waals surface area (Å²) < 4.78 is 0. The van der Waals surface area contributed by atoms with E-state index in [0.29, 0.717) is 0 Å². The molecule has 2 heteroatoms. The molecule has 0 aliphatic carbocycles. The molecule has 1 N–H and O–H groups in total. The second-order valence-electron chi connectivity index (χ2n) is 3.08. The number of aliphatic hydroxyl groups is 1. The minimum atomic E-state index is 0.284. The van der Waals surface area contributed by atoms with E-state index in [-0.39, 0.29) is 6.61 Å². The van der Waals surface area contributed by atoms with Gasteiger partial charge in [0.25, 0.3) is 0 Å². The van der Waals surface area contributed by atoms with Gasteiger partial charge < -0.3 is 5.11 Å². The SMILES string of the molecule is CSCc1ccc(CCCO)cc1. The third kappa shape index (κ3) is 3.83. The minimum Gasteiger partial charge on any atom is -0.396 e. The maximum atomic E-state index is 8.66. The molecule has 0 amide bonds. The molecule has 0 aromatic heterocycles. The molecule has 0 atom stereocenters. The van der Waals surface area contributed by atoms with E-state index in [9.17, 15) is 0 Å². The molecular formula is C11H16OS. The van der Waals surface area contributed by atoms with Gasteiger partial charge in [0, 0.05) is 12.4 Å². The second-order valence-corrected chi connectivity index (χ2v) is 3.94. The highest BCUT2D eigenvalue weighted by atomic mass is 32.2. The van der Waals surface area contributed by atoms with E-state index < -0.39 is 0 Å². The zero-order valence-corrected chi connectivity index (χ0v) is 8.81. The van der Waals surface area contributed by atoms with Crippen molar-refractivity contribution in [3.8, 4) is 0 Å². The molecule has 1 aromatic rings. The summed E-state index contributed by atoms with van der Waals surface area (Å²) in [4.78, 5) is 0. The van der Waals surface area contributed by atoms with Gasteiger partial charge in [-0.1, -0.05) is 24.3 Å². The lowest BCUT2D eigenvalue weighted by Gasteiger charge is -2.01. The lowest BCUT2D eigenvalue weighted by atomic mass is 10.1. The summed E-state index contributed by atoms with van der Waals surface area (Å²) in [7, 11) is 0. The molecule has 72 valence electrons.